The zero-order chi connectivity index (χ0) is 20.6. The molecular weight excluding hydrogens is 370 g/mol. The summed E-state index contributed by atoms with van der Waals surface area (Å²) < 4.78 is 13.0. The predicted molar refractivity (Wildman–Crippen MR) is 110 cm³/mol. The number of hydrogen-bond acceptors (Lipinski definition) is 5. The monoisotopic (exact) mass is 393 g/mol. The van der Waals surface area contributed by atoms with Crippen LogP contribution in [-0.4, -0.2) is 32.2 Å². The summed E-state index contributed by atoms with van der Waals surface area (Å²) >= 11 is 0. The lowest BCUT2D eigenvalue weighted by Crippen LogP contribution is -2.08. The molecule has 3 aromatic heterocycles. The lowest BCUT2D eigenvalue weighted by atomic mass is 10.2. The zero-order valence-electron chi connectivity index (χ0n) is 16.4. The fourth-order valence-corrected chi connectivity index (χ4v) is 2.87. The Morgan fingerprint density at radius 1 is 1.17 bits per heavy atom. The molecule has 3 heterocycles. The van der Waals surface area contributed by atoms with Gasteiger partial charge in [0.25, 0.3) is 0 Å². The van der Waals surface area contributed by atoms with Crippen molar-refractivity contribution in [3.8, 4) is 17.2 Å². The van der Waals surface area contributed by atoms with Crippen LogP contribution in [-0.2, 0) is 17.8 Å². The highest BCUT2D eigenvalue weighted by Crippen LogP contribution is 2.25. The topological polar surface area (TPSA) is 90.4 Å². The summed E-state index contributed by atoms with van der Waals surface area (Å²) in [6, 6.07) is 13.3. The number of carboxylic acid groups (broad SMARTS) is 1. The molecule has 0 saturated carbocycles. The van der Waals surface area contributed by atoms with Gasteiger partial charge in [-0.2, -0.15) is 0 Å². The van der Waals surface area contributed by atoms with Gasteiger partial charge < -0.3 is 18.8 Å². The molecule has 0 aliphatic carbocycles. The van der Waals surface area contributed by atoms with E-state index in [0.29, 0.717) is 30.3 Å². The van der Waals surface area contributed by atoms with Gasteiger partial charge >= 0.3 is 5.97 Å². The molecule has 1 N–H and O–H groups in total. The summed E-state index contributed by atoms with van der Waals surface area (Å²) in [4.78, 5) is 19.7. The predicted octanol–water partition coefficient (Wildman–Crippen LogP) is 4.42. The van der Waals surface area contributed by atoms with Crippen molar-refractivity contribution in [2.75, 3.05) is 6.61 Å². The Balaban J connectivity index is 0.00000117. The van der Waals surface area contributed by atoms with Crippen molar-refractivity contribution in [1.82, 2.24) is 14.5 Å². The Bertz CT molecular complexity index is 1070. The Kier molecular flexibility index (Phi) is 6.63. The number of pyridine rings is 1. The maximum absolute atomic E-state index is 10.9. The third-order valence-corrected chi connectivity index (χ3v) is 4.12. The summed E-state index contributed by atoms with van der Waals surface area (Å²) in [5, 5.41) is 9.75. The molecule has 0 aliphatic heterocycles. The van der Waals surface area contributed by atoms with Gasteiger partial charge in [0, 0.05) is 24.4 Å². The minimum atomic E-state index is -0.916. The smallest absolute Gasteiger partial charge is 0.323 e. The van der Waals surface area contributed by atoms with E-state index in [1.165, 1.54) is 0 Å². The van der Waals surface area contributed by atoms with Crippen LogP contribution in [0, 0.1) is 0 Å². The van der Waals surface area contributed by atoms with Crippen molar-refractivity contribution in [1.29, 1.82) is 0 Å². The van der Waals surface area contributed by atoms with Gasteiger partial charge in [-0.25, -0.2) is 9.97 Å². The van der Waals surface area contributed by atoms with Gasteiger partial charge in [0.1, 0.15) is 24.2 Å². The number of benzene rings is 1. The van der Waals surface area contributed by atoms with Crippen LogP contribution >= 0.6 is 0 Å². The van der Waals surface area contributed by atoms with Gasteiger partial charge in [-0.15, -0.1) is 0 Å². The number of carboxylic acids is 1. The van der Waals surface area contributed by atoms with Crippen molar-refractivity contribution in [3.63, 3.8) is 0 Å². The molecule has 4 aromatic rings. The summed E-state index contributed by atoms with van der Waals surface area (Å²) in [6.07, 6.45) is 5.54. The summed E-state index contributed by atoms with van der Waals surface area (Å²) in [5.41, 5.74) is 2.32. The van der Waals surface area contributed by atoms with Crippen molar-refractivity contribution in [3.05, 3.63) is 66.8 Å². The number of oxazole rings is 1. The fraction of sp³-hybridized carbons (Fsp3) is 0.227. The molecule has 1 aromatic carbocycles. The van der Waals surface area contributed by atoms with Gasteiger partial charge in [0.05, 0.1) is 17.7 Å². The quantitative estimate of drug-likeness (QED) is 0.500. The molecule has 0 amide bonds. The van der Waals surface area contributed by atoms with Crippen LogP contribution in [0.2, 0.25) is 0 Å². The lowest BCUT2D eigenvalue weighted by Gasteiger charge is -2.07. The third kappa shape index (κ3) is 4.82. The van der Waals surface area contributed by atoms with Crippen LogP contribution in [0.15, 0.2) is 65.5 Å². The number of aromatic nitrogens is 3. The normalized spacial score (nSPS) is 10.4. The van der Waals surface area contributed by atoms with Crippen molar-refractivity contribution in [2.24, 2.45) is 0 Å². The molecule has 0 fully saturated rings. The van der Waals surface area contributed by atoms with Crippen LogP contribution in [0.4, 0.5) is 0 Å². The molecule has 0 aliphatic rings. The lowest BCUT2D eigenvalue weighted by molar-refractivity contribution is -0.137. The van der Waals surface area contributed by atoms with Crippen LogP contribution < -0.4 is 4.74 Å². The number of nitrogens with zero attached hydrogens (tertiary/aromatic N) is 3. The van der Waals surface area contributed by atoms with E-state index < -0.39 is 5.97 Å². The van der Waals surface area contributed by atoms with Crippen LogP contribution in [0.1, 0.15) is 19.5 Å². The average Bonchev–Trinajstić information content (AvgIpc) is 3.38. The van der Waals surface area contributed by atoms with Crippen molar-refractivity contribution < 1.29 is 19.1 Å². The van der Waals surface area contributed by atoms with E-state index in [0.717, 1.165) is 16.6 Å². The first kappa shape index (κ1) is 20.1. The molecule has 29 heavy (non-hydrogen) atoms. The average molecular weight is 393 g/mol. The van der Waals surface area contributed by atoms with E-state index in [1.807, 2.05) is 50.2 Å². The first-order valence-electron chi connectivity index (χ1n) is 9.49. The molecular formula is C22H23N3O4. The highest BCUT2D eigenvalue weighted by Gasteiger charge is 2.11. The number of ether oxygens (including phenoxy) is 1. The minimum Gasteiger partial charge on any atom is -0.492 e. The van der Waals surface area contributed by atoms with Crippen molar-refractivity contribution in [2.45, 2.75) is 26.8 Å². The summed E-state index contributed by atoms with van der Waals surface area (Å²) in [5.74, 6) is 0.333. The summed E-state index contributed by atoms with van der Waals surface area (Å²) in [7, 11) is 0. The second-order valence-corrected chi connectivity index (χ2v) is 5.99. The standard InChI is InChI=1S/C20H17N3O4.C2H6/c24-18(25)12-23-10-7-16-17(6-9-21-19(16)23)26-11-8-15-13-27-20(22-15)14-4-2-1-3-5-14;1-2/h1-7,9-10,13H,8,11-12H2,(H,24,25);1-2H3. The molecule has 0 bridgehead atoms. The second kappa shape index (κ2) is 9.54. The molecule has 0 unspecified atom stereocenters. The highest BCUT2D eigenvalue weighted by molar-refractivity contribution is 5.84. The maximum atomic E-state index is 10.9. The van der Waals surface area contributed by atoms with E-state index >= 15 is 0 Å². The van der Waals surface area contributed by atoms with Crippen LogP contribution in [0.5, 0.6) is 5.75 Å². The van der Waals surface area contributed by atoms with E-state index in [-0.39, 0.29) is 6.54 Å². The van der Waals surface area contributed by atoms with Crippen LogP contribution in [0.25, 0.3) is 22.5 Å². The molecule has 0 saturated heterocycles. The third-order valence-electron chi connectivity index (χ3n) is 4.12. The number of fused-ring (bicyclic) bond motifs is 1. The highest BCUT2D eigenvalue weighted by atomic mass is 16.5. The Labute approximate surface area is 168 Å². The molecule has 0 spiro atoms. The fourth-order valence-electron chi connectivity index (χ4n) is 2.87. The summed E-state index contributed by atoms with van der Waals surface area (Å²) in [6.45, 7) is 4.28. The van der Waals surface area contributed by atoms with E-state index in [4.69, 9.17) is 14.3 Å². The SMILES string of the molecule is CC.O=C(O)Cn1ccc2c(OCCc3coc(-c4ccccc4)n3)ccnc21. The number of carbonyl (C=O) groups is 1. The Morgan fingerprint density at radius 3 is 2.72 bits per heavy atom. The molecule has 7 heteroatoms. The molecule has 0 radical (unpaired) electrons. The first-order valence-corrected chi connectivity index (χ1v) is 9.49. The van der Waals surface area contributed by atoms with Gasteiger partial charge in [-0.1, -0.05) is 32.0 Å². The van der Waals surface area contributed by atoms with Gasteiger partial charge in [0.2, 0.25) is 5.89 Å². The minimum absolute atomic E-state index is 0.138. The first-order chi connectivity index (χ1) is 14.2. The number of rotatable bonds is 7. The largest absolute Gasteiger partial charge is 0.492 e. The molecule has 0 atom stereocenters. The van der Waals surface area contributed by atoms with Crippen molar-refractivity contribution >= 4 is 17.0 Å². The molecule has 150 valence electrons. The van der Waals surface area contributed by atoms with E-state index in [2.05, 4.69) is 9.97 Å². The number of aliphatic carboxylic acids is 1. The van der Waals surface area contributed by atoms with Crippen LogP contribution in [0.3, 0.4) is 0 Å². The maximum Gasteiger partial charge on any atom is 0.323 e. The Morgan fingerprint density at radius 2 is 1.97 bits per heavy atom. The van der Waals surface area contributed by atoms with Gasteiger partial charge in [-0.05, 0) is 24.3 Å². The number of hydrogen-bond donors (Lipinski definition) is 1. The van der Waals surface area contributed by atoms with Gasteiger partial charge in [-0.3, -0.25) is 4.79 Å². The van der Waals surface area contributed by atoms with Gasteiger partial charge in [0.15, 0.2) is 0 Å². The molecule has 4 rings (SSSR count). The van der Waals surface area contributed by atoms with E-state index in [1.54, 1.807) is 29.3 Å². The molecule has 7 nitrogen and oxygen atoms in total. The second-order valence-electron chi connectivity index (χ2n) is 5.99. The Hall–Kier alpha value is -3.61. The zero-order valence-corrected chi connectivity index (χ0v) is 16.4. The van der Waals surface area contributed by atoms with E-state index in [9.17, 15) is 4.79 Å².